The van der Waals surface area contributed by atoms with Crippen LogP contribution in [0, 0.1) is 5.92 Å². The van der Waals surface area contributed by atoms with Crippen LogP contribution in [0.25, 0.3) is 10.2 Å². The van der Waals surface area contributed by atoms with Crippen molar-refractivity contribution in [2.24, 2.45) is 5.92 Å². The van der Waals surface area contributed by atoms with E-state index >= 15 is 0 Å². The third-order valence-electron chi connectivity index (χ3n) is 4.41. The summed E-state index contributed by atoms with van der Waals surface area (Å²) >= 11 is 1.64. The number of nitrogens with zero attached hydrogens (tertiary/aromatic N) is 3. The number of ether oxygens (including phenoxy) is 1. The molecule has 2 aromatic heterocycles. The highest BCUT2D eigenvalue weighted by Gasteiger charge is 2.16. The number of hydrogen-bond donors (Lipinski definition) is 2. The van der Waals surface area contributed by atoms with Crippen molar-refractivity contribution in [2.45, 2.75) is 20.3 Å². The van der Waals surface area contributed by atoms with Crippen molar-refractivity contribution in [3.8, 4) is 0 Å². The first-order valence-corrected chi connectivity index (χ1v) is 9.99. The SMILES string of the molecule is CC(C)Cc1cc(C(=O)Nc2ccc3nc(N4CCOCC4)sc3c2)n[nH]1. The molecule has 0 radical (unpaired) electrons. The standard InChI is InChI=1S/C19H23N5O2S/c1-12(2)9-14-10-16(23-22-14)18(25)20-13-3-4-15-17(11-13)27-19(21-15)24-5-7-26-8-6-24/h3-4,10-12H,5-9H2,1-2H3,(H,20,25)(H,22,23). The van der Waals surface area contributed by atoms with Gasteiger partial charge in [0.05, 0.1) is 23.4 Å². The molecule has 0 saturated carbocycles. The third kappa shape index (κ3) is 4.12. The van der Waals surface area contributed by atoms with Gasteiger partial charge in [0.1, 0.15) is 0 Å². The predicted octanol–water partition coefficient (Wildman–Crippen LogP) is 3.31. The number of hydrogen-bond acceptors (Lipinski definition) is 6. The molecule has 1 aromatic carbocycles. The van der Waals surface area contributed by atoms with Crippen LogP contribution in [-0.4, -0.2) is 47.4 Å². The Bertz CT molecular complexity index is 943. The highest BCUT2D eigenvalue weighted by atomic mass is 32.1. The average Bonchev–Trinajstić information content (AvgIpc) is 3.28. The number of H-pyrrole nitrogens is 1. The number of anilines is 2. The molecule has 4 rings (SSSR count). The molecule has 8 heteroatoms. The molecule has 1 saturated heterocycles. The molecule has 1 amide bonds. The van der Waals surface area contributed by atoms with E-state index in [1.165, 1.54) is 0 Å². The molecule has 1 fully saturated rings. The zero-order valence-corrected chi connectivity index (χ0v) is 16.3. The second-order valence-electron chi connectivity index (χ2n) is 7.11. The number of benzene rings is 1. The summed E-state index contributed by atoms with van der Waals surface area (Å²) in [6, 6.07) is 7.61. The maximum absolute atomic E-state index is 12.5. The molecule has 0 spiro atoms. The molecule has 3 heterocycles. The first-order chi connectivity index (χ1) is 13.1. The van der Waals surface area contributed by atoms with Crippen molar-refractivity contribution >= 4 is 38.3 Å². The minimum atomic E-state index is -0.210. The Kier molecular flexibility index (Phi) is 5.09. The smallest absolute Gasteiger partial charge is 0.276 e. The van der Waals surface area contributed by atoms with Crippen molar-refractivity contribution in [3.05, 3.63) is 35.7 Å². The van der Waals surface area contributed by atoms with Gasteiger partial charge in [-0.05, 0) is 36.6 Å². The maximum atomic E-state index is 12.5. The highest BCUT2D eigenvalue weighted by molar-refractivity contribution is 7.22. The number of nitrogens with one attached hydrogen (secondary N) is 2. The molecule has 7 nitrogen and oxygen atoms in total. The minimum absolute atomic E-state index is 0.210. The van der Waals surface area contributed by atoms with Crippen LogP contribution in [0.5, 0.6) is 0 Å². The molecule has 27 heavy (non-hydrogen) atoms. The number of fused-ring (bicyclic) bond motifs is 1. The van der Waals surface area contributed by atoms with Crippen LogP contribution >= 0.6 is 11.3 Å². The molecular weight excluding hydrogens is 362 g/mol. The van der Waals surface area contributed by atoms with E-state index in [2.05, 4.69) is 34.3 Å². The van der Waals surface area contributed by atoms with Gasteiger partial charge >= 0.3 is 0 Å². The van der Waals surface area contributed by atoms with Gasteiger partial charge in [-0.15, -0.1) is 0 Å². The van der Waals surface area contributed by atoms with Gasteiger partial charge < -0.3 is 15.0 Å². The van der Waals surface area contributed by atoms with Gasteiger partial charge in [0, 0.05) is 24.5 Å². The summed E-state index contributed by atoms with van der Waals surface area (Å²) in [5.74, 6) is 0.300. The van der Waals surface area contributed by atoms with Crippen molar-refractivity contribution in [1.82, 2.24) is 15.2 Å². The number of carbonyl (C=O) groups is 1. The van der Waals surface area contributed by atoms with E-state index in [9.17, 15) is 4.79 Å². The number of rotatable bonds is 5. The zero-order valence-electron chi connectivity index (χ0n) is 15.5. The van der Waals surface area contributed by atoms with Gasteiger partial charge in [-0.1, -0.05) is 25.2 Å². The van der Waals surface area contributed by atoms with Gasteiger partial charge in [-0.25, -0.2) is 4.98 Å². The topological polar surface area (TPSA) is 83.1 Å². The second kappa shape index (κ2) is 7.66. The Morgan fingerprint density at radius 1 is 1.33 bits per heavy atom. The van der Waals surface area contributed by atoms with Crippen LogP contribution in [0.1, 0.15) is 30.0 Å². The molecule has 1 aliphatic rings. The molecule has 0 aliphatic carbocycles. The molecule has 2 N–H and O–H groups in total. The Labute approximate surface area is 161 Å². The van der Waals surface area contributed by atoms with Gasteiger partial charge in [0.15, 0.2) is 10.8 Å². The summed E-state index contributed by atoms with van der Waals surface area (Å²) in [6.07, 6.45) is 0.872. The summed E-state index contributed by atoms with van der Waals surface area (Å²) in [7, 11) is 0. The average molecular weight is 385 g/mol. The Hall–Kier alpha value is -2.45. The third-order valence-corrected chi connectivity index (χ3v) is 5.49. The van der Waals surface area contributed by atoms with E-state index in [1.54, 1.807) is 11.3 Å². The quantitative estimate of drug-likeness (QED) is 0.704. The molecule has 0 unspecified atom stereocenters. The van der Waals surface area contributed by atoms with Crippen molar-refractivity contribution < 1.29 is 9.53 Å². The van der Waals surface area contributed by atoms with E-state index < -0.39 is 0 Å². The van der Waals surface area contributed by atoms with Crippen molar-refractivity contribution in [2.75, 3.05) is 36.5 Å². The number of carbonyl (C=O) groups excluding carboxylic acids is 1. The Balaban J connectivity index is 1.48. The van der Waals surface area contributed by atoms with E-state index in [0.29, 0.717) is 11.6 Å². The van der Waals surface area contributed by atoms with Gasteiger partial charge in [-0.2, -0.15) is 5.10 Å². The fourth-order valence-corrected chi connectivity index (χ4v) is 4.15. The molecule has 0 atom stereocenters. The molecule has 0 bridgehead atoms. The van der Waals surface area contributed by atoms with E-state index in [0.717, 1.165) is 59.5 Å². The first-order valence-electron chi connectivity index (χ1n) is 9.17. The summed E-state index contributed by atoms with van der Waals surface area (Å²) in [6.45, 7) is 7.47. The largest absolute Gasteiger partial charge is 0.378 e. The van der Waals surface area contributed by atoms with Crippen LogP contribution in [0.3, 0.4) is 0 Å². The minimum Gasteiger partial charge on any atom is -0.378 e. The lowest BCUT2D eigenvalue weighted by molar-refractivity contribution is 0.102. The maximum Gasteiger partial charge on any atom is 0.276 e. The number of amides is 1. The number of morpholine rings is 1. The summed E-state index contributed by atoms with van der Waals surface area (Å²) < 4.78 is 6.45. The lowest BCUT2D eigenvalue weighted by Gasteiger charge is -2.25. The predicted molar refractivity (Wildman–Crippen MR) is 108 cm³/mol. The van der Waals surface area contributed by atoms with Crippen LogP contribution in [0.2, 0.25) is 0 Å². The second-order valence-corrected chi connectivity index (χ2v) is 8.12. The van der Waals surface area contributed by atoms with Gasteiger partial charge in [-0.3, -0.25) is 9.89 Å². The van der Waals surface area contributed by atoms with Crippen molar-refractivity contribution in [3.63, 3.8) is 0 Å². The monoisotopic (exact) mass is 385 g/mol. The summed E-state index contributed by atoms with van der Waals surface area (Å²) in [5, 5.41) is 11.0. The number of aromatic amines is 1. The van der Waals surface area contributed by atoms with E-state index in [4.69, 9.17) is 9.72 Å². The Morgan fingerprint density at radius 3 is 2.93 bits per heavy atom. The fourth-order valence-electron chi connectivity index (χ4n) is 3.10. The van der Waals surface area contributed by atoms with Crippen LogP contribution < -0.4 is 10.2 Å². The molecule has 142 valence electrons. The Morgan fingerprint density at radius 2 is 2.15 bits per heavy atom. The molecule has 3 aromatic rings. The molecule has 1 aliphatic heterocycles. The van der Waals surface area contributed by atoms with Gasteiger partial charge in [0.25, 0.3) is 5.91 Å². The number of thiazole rings is 1. The molecular formula is C19H23N5O2S. The van der Waals surface area contributed by atoms with Crippen LogP contribution in [0.4, 0.5) is 10.8 Å². The lowest BCUT2D eigenvalue weighted by Crippen LogP contribution is -2.36. The highest BCUT2D eigenvalue weighted by Crippen LogP contribution is 2.31. The lowest BCUT2D eigenvalue weighted by atomic mass is 10.1. The fraction of sp³-hybridized carbons (Fsp3) is 0.421. The summed E-state index contributed by atoms with van der Waals surface area (Å²) in [4.78, 5) is 19.4. The normalized spacial score (nSPS) is 14.9. The van der Waals surface area contributed by atoms with E-state index in [1.807, 2.05) is 24.3 Å². The number of aromatic nitrogens is 3. The summed E-state index contributed by atoms with van der Waals surface area (Å²) in [5.41, 5.74) is 3.07. The van der Waals surface area contributed by atoms with E-state index in [-0.39, 0.29) is 5.91 Å². The first kappa shape index (κ1) is 17.9. The van der Waals surface area contributed by atoms with Crippen molar-refractivity contribution in [1.29, 1.82) is 0 Å². The zero-order chi connectivity index (χ0) is 18.8. The van der Waals surface area contributed by atoms with Gasteiger partial charge in [0.2, 0.25) is 0 Å². The van der Waals surface area contributed by atoms with Crippen LogP contribution in [0.15, 0.2) is 24.3 Å². The van der Waals surface area contributed by atoms with Crippen LogP contribution in [-0.2, 0) is 11.2 Å².